The molecule has 1 saturated heterocycles. The van der Waals surface area contributed by atoms with Gasteiger partial charge in [0.25, 0.3) is 0 Å². The third-order valence-corrected chi connectivity index (χ3v) is 7.05. The van der Waals surface area contributed by atoms with Crippen molar-refractivity contribution >= 4 is 5.91 Å². The van der Waals surface area contributed by atoms with E-state index < -0.39 is 0 Å². The molecule has 4 rings (SSSR count). The number of rotatable bonds is 8. The maximum atomic E-state index is 11.9. The van der Waals surface area contributed by atoms with E-state index in [0.29, 0.717) is 31.8 Å². The van der Waals surface area contributed by atoms with Gasteiger partial charge in [0.05, 0.1) is 6.61 Å². The largest absolute Gasteiger partial charge is 0.454 e. The van der Waals surface area contributed by atoms with E-state index in [0.717, 1.165) is 30.3 Å². The maximum absolute atomic E-state index is 11.9. The summed E-state index contributed by atoms with van der Waals surface area (Å²) in [6.45, 7) is 4.39. The predicted molar refractivity (Wildman–Crippen MR) is 116 cm³/mol. The molecular formula is C24H36N2O4. The molecule has 1 aromatic carbocycles. The summed E-state index contributed by atoms with van der Waals surface area (Å²) in [5.41, 5.74) is 1.33. The summed E-state index contributed by atoms with van der Waals surface area (Å²) < 4.78 is 16.2. The number of carbonyl (C=O) groups excluding carboxylic acids is 1. The summed E-state index contributed by atoms with van der Waals surface area (Å²) in [6.07, 6.45) is 8.85. The van der Waals surface area contributed by atoms with Gasteiger partial charge in [-0.25, -0.2) is 0 Å². The Morgan fingerprint density at radius 1 is 1.13 bits per heavy atom. The fraction of sp³-hybridized carbons (Fsp3) is 0.708. The highest BCUT2D eigenvalue weighted by molar-refractivity contribution is 5.76. The number of ether oxygens (including phenoxy) is 3. The number of amides is 1. The molecule has 2 heterocycles. The number of benzene rings is 1. The zero-order chi connectivity index (χ0) is 20.8. The first kappa shape index (κ1) is 21.4. The van der Waals surface area contributed by atoms with E-state index in [2.05, 4.69) is 22.3 Å². The summed E-state index contributed by atoms with van der Waals surface area (Å²) in [7, 11) is 1.64. The minimum Gasteiger partial charge on any atom is -0.454 e. The van der Waals surface area contributed by atoms with Crippen LogP contribution in [0, 0.1) is 5.92 Å². The second-order valence-corrected chi connectivity index (χ2v) is 9.01. The van der Waals surface area contributed by atoms with Crippen molar-refractivity contribution in [2.24, 2.45) is 5.92 Å². The monoisotopic (exact) mass is 416 g/mol. The third kappa shape index (κ3) is 5.46. The van der Waals surface area contributed by atoms with Crippen LogP contribution >= 0.6 is 0 Å². The Morgan fingerprint density at radius 3 is 2.70 bits per heavy atom. The zero-order valence-corrected chi connectivity index (χ0v) is 18.2. The van der Waals surface area contributed by atoms with E-state index in [9.17, 15) is 4.79 Å². The van der Waals surface area contributed by atoms with Crippen molar-refractivity contribution in [2.75, 3.05) is 40.1 Å². The average molecular weight is 417 g/mol. The summed E-state index contributed by atoms with van der Waals surface area (Å²) in [4.78, 5) is 14.5. The van der Waals surface area contributed by atoms with Crippen LogP contribution in [0.5, 0.6) is 11.5 Å². The molecule has 0 unspecified atom stereocenters. The molecule has 2 aliphatic heterocycles. The van der Waals surface area contributed by atoms with Crippen LogP contribution in [-0.4, -0.2) is 57.0 Å². The van der Waals surface area contributed by atoms with E-state index in [1.807, 2.05) is 6.07 Å². The SMILES string of the molecule is COCCC(=O)N[C@H]1CC[C@H](CCN2CCC(c3cccc4c3OCO4)CC2)CC1. The number of nitrogens with one attached hydrogen (secondary N) is 1. The van der Waals surface area contributed by atoms with Gasteiger partial charge in [0.2, 0.25) is 12.7 Å². The van der Waals surface area contributed by atoms with Gasteiger partial charge in [0.1, 0.15) is 0 Å². The maximum Gasteiger partial charge on any atom is 0.231 e. The number of fused-ring (bicyclic) bond motifs is 1. The highest BCUT2D eigenvalue weighted by Crippen LogP contribution is 2.42. The Hall–Kier alpha value is -1.79. The molecule has 2 fully saturated rings. The number of nitrogens with zero attached hydrogens (tertiary/aromatic N) is 1. The Bertz CT molecular complexity index is 694. The Kier molecular flexibility index (Phi) is 7.50. The molecule has 1 N–H and O–H groups in total. The molecule has 0 bridgehead atoms. The van der Waals surface area contributed by atoms with Crippen molar-refractivity contribution in [3.63, 3.8) is 0 Å². The Balaban J connectivity index is 1.14. The molecule has 6 nitrogen and oxygen atoms in total. The van der Waals surface area contributed by atoms with Crippen LogP contribution < -0.4 is 14.8 Å². The predicted octanol–water partition coefficient (Wildman–Crippen LogP) is 3.70. The Morgan fingerprint density at radius 2 is 1.93 bits per heavy atom. The second kappa shape index (κ2) is 10.5. The van der Waals surface area contributed by atoms with Crippen molar-refractivity contribution in [2.45, 2.75) is 63.3 Å². The minimum absolute atomic E-state index is 0.129. The van der Waals surface area contributed by atoms with Gasteiger partial charge in [-0.3, -0.25) is 4.79 Å². The molecule has 0 spiro atoms. The number of likely N-dealkylation sites (tertiary alicyclic amines) is 1. The molecule has 3 aliphatic rings. The third-order valence-electron chi connectivity index (χ3n) is 7.05. The lowest BCUT2D eigenvalue weighted by Gasteiger charge is -2.34. The highest BCUT2D eigenvalue weighted by Gasteiger charge is 2.28. The molecule has 0 aromatic heterocycles. The standard InChI is InChI=1S/C24H36N2O4/c1-28-16-12-23(27)25-20-7-5-18(6-8-20)9-13-26-14-10-19(11-15-26)21-3-2-4-22-24(21)30-17-29-22/h2-4,18-20H,5-17H2,1H3,(H,25,27)/t18-,20-. The van der Waals surface area contributed by atoms with Crippen LogP contribution in [0.2, 0.25) is 0 Å². The highest BCUT2D eigenvalue weighted by atomic mass is 16.7. The van der Waals surface area contributed by atoms with Crippen molar-refractivity contribution in [3.05, 3.63) is 23.8 Å². The number of methoxy groups -OCH3 is 1. The van der Waals surface area contributed by atoms with Crippen LogP contribution in [0.3, 0.4) is 0 Å². The number of para-hydroxylation sites is 1. The van der Waals surface area contributed by atoms with Crippen molar-refractivity contribution in [1.82, 2.24) is 10.2 Å². The summed E-state index contributed by atoms with van der Waals surface area (Å²) in [5.74, 6) is 3.39. The zero-order valence-electron chi connectivity index (χ0n) is 18.2. The lowest BCUT2D eigenvalue weighted by molar-refractivity contribution is -0.122. The molecule has 1 saturated carbocycles. The van der Waals surface area contributed by atoms with E-state index in [1.165, 1.54) is 57.3 Å². The normalized spacial score (nSPS) is 24.7. The lowest BCUT2D eigenvalue weighted by Crippen LogP contribution is -2.39. The number of carbonyl (C=O) groups is 1. The second-order valence-electron chi connectivity index (χ2n) is 9.01. The molecule has 0 radical (unpaired) electrons. The van der Waals surface area contributed by atoms with Crippen molar-refractivity contribution in [1.29, 1.82) is 0 Å². The van der Waals surface area contributed by atoms with Gasteiger partial charge in [-0.1, -0.05) is 12.1 Å². The number of hydrogen-bond acceptors (Lipinski definition) is 5. The van der Waals surface area contributed by atoms with Crippen LogP contribution in [0.15, 0.2) is 18.2 Å². The molecule has 30 heavy (non-hydrogen) atoms. The van der Waals surface area contributed by atoms with Gasteiger partial charge in [0, 0.05) is 25.1 Å². The fourth-order valence-corrected chi connectivity index (χ4v) is 5.20. The minimum atomic E-state index is 0.129. The summed E-state index contributed by atoms with van der Waals surface area (Å²) in [5, 5.41) is 3.17. The van der Waals surface area contributed by atoms with Gasteiger partial charge in [-0.15, -0.1) is 0 Å². The molecule has 1 aromatic rings. The van der Waals surface area contributed by atoms with Crippen molar-refractivity contribution < 1.29 is 19.0 Å². The first-order valence-electron chi connectivity index (χ1n) is 11.6. The Labute approximate surface area is 180 Å². The molecule has 1 amide bonds. The van der Waals surface area contributed by atoms with Gasteiger partial charge < -0.3 is 24.4 Å². The smallest absolute Gasteiger partial charge is 0.231 e. The molecule has 0 atom stereocenters. The first-order valence-corrected chi connectivity index (χ1v) is 11.6. The summed E-state index contributed by atoms with van der Waals surface area (Å²) >= 11 is 0. The van der Waals surface area contributed by atoms with Gasteiger partial charge in [-0.05, 0) is 82.5 Å². The quantitative estimate of drug-likeness (QED) is 0.700. The van der Waals surface area contributed by atoms with Crippen LogP contribution in [0.1, 0.15) is 62.8 Å². The molecule has 166 valence electrons. The molecular weight excluding hydrogens is 380 g/mol. The van der Waals surface area contributed by atoms with Crippen molar-refractivity contribution in [3.8, 4) is 11.5 Å². The number of hydrogen-bond donors (Lipinski definition) is 1. The lowest BCUT2D eigenvalue weighted by atomic mass is 9.83. The fourth-order valence-electron chi connectivity index (χ4n) is 5.20. The van der Waals surface area contributed by atoms with E-state index in [-0.39, 0.29) is 5.91 Å². The van der Waals surface area contributed by atoms with Crippen LogP contribution in [0.4, 0.5) is 0 Å². The van der Waals surface area contributed by atoms with Gasteiger partial charge >= 0.3 is 0 Å². The summed E-state index contributed by atoms with van der Waals surface area (Å²) in [6, 6.07) is 6.66. The van der Waals surface area contributed by atoms with E-state index in [1.54, 1.807) is 7.11 Å². The molecule has 6 heteroatoms. The first-order chi connectivity index (χ1) is 14.7. The van der Waals surface area contributed by atoms with Crippen LogP contribution in [-0.2, 0) is 9.53 Å². The average Bonchev–Trinajstić information content (AvgIpc) is 3.27. The van der Waals surface area contributed by atoms with Gasteiger partial charge in [0.15, 0.2) is 11.5 Å². The van der Waals surface area contributed by atoms with E-state index >= 15 is 0 Å². The molecule has 1 aliphatic carbocycles. The van der Waals surface area contributed by atoms with Gasteiger partial charge in [-0.2, -0.15) is 0 Å². The van der Waals surface area contributed by atoms with Crippen LogP contribution in [0.25, 0.3) is 0 Å². The van der Waals surface area contributed by atoms with E-state index in [4.69, 9.17) is 14.2 Å². The number of piperidine rings is 1. The topological polar surface area (TPSA) is 60.0 Å².